The Bertz CT molecular complexity index is 244. The number of hydrogen-bond acceptors (Lipinski definition) is 8. The highest BCUT2D eigenvalue weighted by atomic mass is 16.5. The van der Waals surface area contributed by atoms with Crippen molar-refractivity contribution in [2.45, 2.75) is 20.8 Å². The molecule has 0 spiro atoms. The van der Waals surface area contributed by atoms with Crippen LogP contribution in [0.4, 0.5) is 0 Å². The first kappa shape index (κ1) is 31.0. The smallest absolute Gasteiger partial charge is 0.300 e. The summed E-state index contributed by atoms with van der Waals surface area (Å²) in [6.07, 6.45) is 0. The Morgan fingerprint density at radius 2 is 0.720 bits per heavy atom. The van der Waals surface area contributed by atoms with E-state index in [4.69, 9.17) is 54.1 Å². The molecule has 0 aromatic heterocycles. The molecule has 0 rings (SSSR count). The molecule has 0 radical (unpaired) electrons. The summed E-state index contributed by atoms with van der Waals surface area (Å²) in [5.41, 5.74) is 0. The standard InChI is InChI=1S/C8H18O5.3C2H4O2/c9-1-3-11-5-7-13-8-6-12-4-2-10;3*1-2(3)4/h9-10H,1-8H2;3*1H3,(H,3,4). The lowest BCUT2D eigenvalue weighted by Crippen LogP contribution is -2.11. The summed E-state index contributed by atoms with van der Waals surface area (Å²) in [6, 6.07) is 0. The van der Waals surface area contributed by atoms with E-state index in [1.54, 1.807) is 0 Å². The molecule has 0 aromatic rings. The topological polar surface area (TPSA) is 180 Å². The highest BCUT2D eigenvalue weighted by Crippen LogP contribution is 1.80. The van der Waals surface area contributed by atoms with E-state index in [2.05, 4.69) is 0 Å². The summed E-state index contributed by atoms with van der Waals surface area (Å²) in [7, 11) is 0. The normalized spacial score (nSPS) is 8.52. The van der Waals surface area contributed by atoms with E-state index in [-0.39, 0.29) is 13.2 Å². The van der Waals surface area contributed by atoms with Gasteiger partial charge in [-0.1, -0.05) is 0 Å². The summed E-state index contributed by atoms with van der Waals surface area (Å²) >= 11 is 0. The van der Waals surface area contributed by atoms with E-state index in [9.17, 15) is 0 Å². The van der Waals surface area contributed by atoms with Gasteiger partial charge in [0.2, 0.25) is 0 Å². The molecular formula is C14H30O11. The zero-order chi connectivity index (χ0) is 20.5. The van der Waals surface area contributed by atoms with Gasteiger partial charge in [0.1, 0.15) is 0 Å². The van der Waals surface area contributed by atoms with Gasteiger partial charge in [0, 0.05) is 20.8 Å². The lowest BCUT2D eigenvalue weighted by molar-refractivity contribution is -0.135. The molecule has 0 aromatic carbocycles. The lowest BCUT2D eigenvalue weighted by Gasteiger charge is -2.04. The van der Waals surface area contributed by atoms with Crippen molar-refractivity contribution >= 4 is 17.9 Å². The maximum absolute atomic E-state index is 9.00. The monoisotopic (exact) mass is 374 g/mol. The molecular weight excluding hydrogens is 344 g/mol. The average molecular weight is 374 g/mol. The van der Waals surface area contributed by atoms with Crippen molar-refractivity contribution < 1.29 is 54.1 Å². The third kappa shape index (κ3) is 135. The van der Waals surface area contributed by atoms with E-state index in [0.717, 1.165) is 20.8 Å². The Hall–Kier alpha value is -1.79. The summed E-state index contributed by atoms with van der Waals surface area (Å²) in [5.74, 6) is -2.50. The van der Waals surface area contributed by atoms with Gasteiger partial charge in [-0.2, -0.15) is 0 Å². The molecule has 0 saturated heterocycles. The number of rotatable bonds is 10. The van der Waals surface area contributed by atoms with E-state index in [0.29, 0.717) is 39.6 Å². The molecule has 0 aliphatic heterocycles. The second-order valence-corrected chi connectivity index (χ2v) is 3.84. The van der Waals surface area contributed by atoms with Crippen molar-refractivity contribution in [1.82, 2.24) is 0 Å². The maximum atomic E-state index is 9.00. The van der Waals surface area contributed by atoms with Crippen molar-refractivity contribution in [3.8, 4) is 0 Å². The van der Waals surface area contributed by atoms with Gasteiger partial charge in [0.05, 0.1) is 52.9 Å². The SMILES string of the molecule is CC(=O)O.CC(=O)O.CC(=O)O.OCCOCCOCCOCCO. The molecule has 0 aliphatic carbocycles. The van der Waals surface area contributed by atoms with Crippen molar-refractivity contribution in [3.63, 3.8) is 0 Å². The van der Waals surface area contributed by atoms with Crippen LogP contribution in [0, 0.1) is 0 Å². The van der Waals surface area contributed by atoms with Crippen molar-refractivity contribution in [3.05, 3.63) is 0 Å². The van der Waals surface area contributed by atoms with Gasteiger partial charge in [-0.15, -0.1) is 0 Å². The Balaban J connectivity index is -0.000000150. The van der Waals surface area contributed by atoms with Crippen LogP contribution in [0.2, 0.25) is 0 Å². The van der Waals surface area contributed by atoms with Crippen LogP contribution in [0.25, 0.3) is 0 Å². The molecule has 0 heterocycles. The summed E-state index contributed by atoms with van der Waals surface area (Å²) in [4.78, 5) is 27.0. The fraction of sp³-hybridized carbons (Fsp3) is 0.786. The molecule has 11 nitrogen and oxygen atoms in total. The number of ether oxygens (including phenoxy) is 3. The van der Waals surface area contributed by atoms with Gasteiger partial charge in [0.15, 0.2) is 0 Å². The first-order valence-electron chi connectivity index (χ1n) is 7.15. The fourth-order valence-electron chi connectivity index (χ4n) is 0.671. The zero-order valence-electron chi connectivity index (χ0n) is 14.8. The second-order valence-electron chi connectivity index (χ2n) is 3.84. The molecule has 152 valence electrons. The molecule has 0 atom stereocenters. The predicted molar refractivity (Wildman–Crippen MR) is 86.6 cm³/mol. The number of aliphatic hydroxyl groups is 2. The van der Waals surface area contributed by atoms with Crippen LogP contribution < -0.4 is 0 Å². The Kier molecular flexibility index (Phi) is 37.4. The number of carboxylic acids is 3. The molecule has 0 saturated carbocycles. The summed E-state index contributed by atoms with van der Waals surface area (Å²) < 4.78 is 15.0. The number of aliphatic hydroxyl groups excluding tert-OH is 2. The zero-order valence-corrected chi connectivity index (χ0v) is 14.8. The lowest BCUT2D eigenvalue weighted by atomic mass is 10.7. The number of carbonyl (C=O) groups is 3. The fourth-order valence-corrected chi connectivity index (χ4v) is 0.671. The average Bonchev–Trinajstić information content (AvgIpc) is 2.44. The molecule has 0 fully saturated rings. The van der Waals surface area contributed by atoms with E-state index >= 15 is 0 Å². The van der Waals surface area contributed by atoms with Gasteiger partial charge < -0.3 is 39.7 Å². The Labute approximate surface area is 146 Å². The first-order chi connectivity index (χ1) is 11.6. The Morgan fingerprint density at radius 1 is 0.560 bits per heavy atom. The van der Waals surface area contributed by atoms with Crippen molar-refractivity contribution in [2.24, 2.45) is 0 Å². The number of carboxylic acid groups (broad SMARTS) is 3. The van der Waals surface area contributed by atoms with Gasteiger partial charge in [-0.05, 0) is 0 Å². The van der Waals surface area contributed by atoms with Crippen LogP contribution in [0.3, 0.4) is 0 Å². The van der Waals surface area contributed by atoms with E-state index in [1.165, 1.54) is 0 Å². The molecule has 5 N–H and O–H groups in total. The molecule has 0 bridgehead atoms. The number of aliphatic carboxylic acids is 3. The molecule has 0 aliphatic rings. The second kappa shape index (κ2) is 30.1. The highest BCUT2D eigenvalue weighted by Gasteiger charge is 1.89. The molecule has 11 heteroatoms. The van der Waals surface area contributed by atoms with Crippen LogP contribution in [0.15, 0.2) is 0 Å². The van der Waals surface area contributed by atoms with Crippen LogP contribution >= 0.6 is 0 Å². The number of hydrogen-bond donors (Lipinski definition) is 5. The third-order valence-electron chi connectivity index (χ3n) is 1.22. The van der Waals surface area contributed by atoms with Crippen LogP contribution in [0.1, 0.15) is 20.8 Å². The molecule has 0 amide bonds. The van der Waals surface area contributed by atoms with Gasteiger partial charge in [0.25, 0.3) is 17.9 Å². The predicted octanol–water partition coefficient (Wildman–Crippen LogP) is -0.706. The van der Waals surface area contributed by atoms with Crippen LogP contribution in [-0.4, -0.2) is 96.3 Å². The van der Waals surface area contributed by atoms with E-state index < -0.39 is 17.9 Å². The third-order valence-corrected chi connectivity index (χ3v) is 1.22. The summed E-state index contributed by atoms with van der Waals surface area (Å²) in [5, 5.41) is 39.0. The van der Waals surface area contributed by atoms with Crippen molar-refractivity contribution in [1.29, 1.82) is 0 Å². The van der Waals surface area contributed by atoms with Crippen molar-refractivity contribution in [2.75, 3.05) is 52.9 Å². The first-order valence-corrected chi connectivity index (χ1v) is 7.15. The van der Waals surface area contributed by atoms with Crippen LogP contribution in [-0.2, 0) is 28.6 Å². The quantitative estimate of drug-likeness (QED) is 0.305. The van der Waals surface area contributed by atoms with E-state index in [1.807, 2.05) is 0 Å². The molecule has 0 unspecified atom stereocenters. The minimum Gasteiger partial charge on any atom is -0.481 e. The van der Waals surface area contributed by atoms with Gasteiger partial charge in [-0.25, -0.2) is 0 Å². The van der Waals surface area contributed by atoms with Gasteiger partial charge in [-0.3, -0.25) is 14.4 Å². The van der Waals surface area contributed by atoms with Crippen LogP contribution in [0.5, 0.6) is 0 Å². The molecule has 25 heavy (non-hydrogen) atoms. The largest absolute Gasteiger partial charge is 0.481 e. The summed E-state index contributed by atoms with van der Waals surface area (Å²) in [6.45, 7) is 6.01. The van der Waals surface area contributed by atoms with Gasteiger partial charge >= 0.3 is 0 Å². The minimum atomic E-state index is -0.833. The minimum absolute atomic E-state index is 0.0413. The maximum Gasteiger partial charge on any atom is 0.300 e. The Morgan fingerprint density at radius 3 is 0.880 bits per heavy atom. The highest BCUT2D eigenvalue weighted by molar-refractivity contribution is 5.63.